The first-order chi connectivity index (χ1) is 5.55. The SMILES string of the molecule is CCS(=O)(=O)Nc1cn[nH]c1C. The topological polar surface area (TPSA) is 74.8 Å². The first-order valence-corrected chi connectivity index (χ1v) is 5.21. The van der Waals surface area contributed by atoms with Crippen molar-refractivity contribution in [2.75, 3.05) is 10.5 Å². The van der Waals surface area contributed by atoms with Crippen LogP contribution < -0.4 is 4.72 Å². The van der Waals surface area contributed by atoms with E-state index in [1.54, 1.807) is 13.8 Å². The number of hydrogen-bond acceptors (Lipinski definition) is 3. The highest BCUT2D eigenvalue weighted by Crippen LogP contribution is 2.11. The van der Waals surface area contributed by atoms with Gasteiger partial charge in [0.1, 0.15) is 0 Å². The lowest BCUT2D eigenvalue weighted by Crippen LogP contribution is -2.14. The van der Waals surface area contributed by atoms with Crippen LogP contribution in [0, 0.1) is 6.92 Å². The number of aromatic amines is 1. The Hall–Kier alpha value is -1.04. The van der Waals surface area contributed by atoms with Gasteiger partial charge in [0.05, 0.1) is 23.3 Å². The van der Waals surface area contributed by atoms with E-state index in [0.717, 1.165) is 0 Å². The van der Waals surface area contributed by atoms with E-state index in [9.17, 15) is 8.42 Å². The number of anilines is 1. The van der Waals surface area contributed by atoms with Crippen LogP contribution in [0.25, 0.3) is 0 Å². The Balaban J connectivity index is 2.84. The summed E-state index contributed by atoms with van der Waals surface area (Å²) in [5, 5.41) is 6.33. The van der Waals surface area contributed by atoms with Gasteiger partial charge in [-0.1, -0.05) is 0 Å². The van der Waals surface area contributed by atoms with E-state index >= 15 is 0 Å². The Morgan fingerprint density at radius 3 is 2.75 bits per heavy atom. The van der Waals surface area contributed by atoms with Gasteiger partial charge in [-0.3, -0.25) is 9.82 Å². The predicted octanol–water partition coefficient (Wildman–Crippen LogP) is 0.480. The molecule has 0 aliphatic carbocycles. The zero-order valence-electron chi connectivity index (χ0n) is 6.96. The molecule has 0 fully saturated rings. The molecular formula is C6H11N3O2S. The number of aryl methyl sites for hydroxylation is 1. The minimum Gasteiger partial charge on any atom is -0.281 e. The molecule has 68 valence electrons. The van der Waals surface area contributed by atoms with Gasteiger partial charge in [-0.15, -0.1) is 0 Å². The summed E-state index contributed by atoms with van der Waals surface area (Å²) in [5.74, 6) is 0.0671. The standard InChI is InChI=1S/C6H11N3O2S/c1-3-12(10,11)9-6-4-7-8-5(6)2/h4,9H,3H2,1-2H3,(H,7,8). The Morgan fingerprint density at radius 2 is 2.33 bits per heavy atom. The number of nitrogens with zero attached hydrogens (tertiary/aromatic N) is 1. The molecule has 0 bridgehead atoms. The number of hydrogen-bond donors (Lipinski definition) is 2. The van der Waals surface area contributed by atoms with Gasteiger partial charge in [-0.05, 0) is 13.8 Å². The second kappa shape index (κ2) is 3.14. The molecule has 0 aromatic carbocycles. The van der Waals surface area contributed by atoms with Crippen LogP contribution in [0.4, 0.5) is 5.69 Å². The summed E-state index contributed by atoms with van der Waals surface area (Å²) in [6.07, 6.45) is 1.45. The van der Waals surface area contributed by atoms with Crippen LogP contribution >= 0.6 is 0 Å². The van der Waals surface area contributed by atoms with Crippen LogP contribution in [0.15, 0.2) is 6.20 Å². The summed E-state index contributed by atoms with van der Waals surface area (Å²) >= 11 is 0. The van der Waals surface area contributed by atoms with Crippen LogP contribution in [-0.4, -0.2) is 24.4 Å². The van der Waals surface area contributed by atoms with Crippen molar-refractivity contribution >= 4 is 15.7 Å². The van der Waals surface area contributed by atoms with Crippen LogP contribution in [0.1, 0.15) is 12.6 Å². The molecule has 0 saturated carbocycles. The predicted molar refractivity (Wildman–Crippen MR) is 46.4 cm³/mol. The average Bonchev–Trinajstić information content (AvgIpc) is 2.36. The zero-order valence-corrected chi connectivity index (χ0v) is 7.77. The molecular weight excluding hydrogens is 178 g/mol. The molecule has 1 aromatic rings. The number of nitrogens with one attached hydrogen (secondary N) is 2. The van der Waals surface area contributed by atoms with Gasteiger partial charge in [0.2, 0.25) is 10.0 Å². The van der Waals surface area contributed by atoms with Crippen LogP contribution in [0.3, 0.4) is 0 Å². The van der Waals surface area contributed by atoms with Crippen LogP contribution in [0.2, 0.25) is 0 Å². The van der Waals surface area contributed by atoms with Gasteiger partial charge in [0.25, 0.3) is 0 Å². The maximum absolute atomic E-state index is 11.1. The van der Waals surface area contributed by atoms with Crippen molar-refractivity contribution in [2.24, 2.45) is 0 Å². The molecule has 0 atom stereocenters. The minimum absolute atomic E-state index is 0.0671. The lowest BCUT2D eigenvalue weighted by Gasteiger charge is -2.02. The van der Waals surface area contributed by atoms with Crippen molar-refractivity contribution in [1.82, 2.24) is 10.2 Å². The van der Waals surface area contributed by atoms with Crippen LogP contribution in [-0.2, 0) is 10.0 Å². The molecule has 0 aliphatic rings. The third-order valence-corrected chi connectivity index (χ3v) is 2.77. The molecule has 0 amide bonds. The Morgan fingerprint density at radius 1 is 1.67 bits per heavy atom. The lowest BCUT2D eigenvalue weighted by molar-refractivity contribution is 0.602. The fourth-order valence-electron chi connectivity index (χ4n) is 0.693. The van der Waals surface area contributed by atoms with Crippen molar-refractivity contribution < 1.29 is 8.42 Å². The molecule has 0 saturated heterocycles. The van der Waals surface area contributed by atoms with Gasteiger partial charge in [0, 0.05) is 0 Å². The fourth-order valence-corrected chi connectivity index (χ4v) is 1.38. The van der Waals surface area contributed by atoms with Gasteiger partial charge in [0.15, 0.2) is 0 Å². The molecule has 2 N–H and O–H groups in total. The quantitative estimate of drug-likeness (QED) is 0.726. The summed E-state index contributed by atoms with van der Waals surface area (Å²) in [4.78, 5) is 0. The van der Waals surface area contributed by atoms with E-state index in [0.29, 0.717) is 11.4 Å². The summed E-state index contributed by atoms with van der Waals surface area (Å²) < 4.78 is 24.5. The smallest absolute Gasteiger partial charge is 0.232 e. The summed E-state index contributed by atoms with van der Waals surface area (Å²) in [5.41, 5.74) is 1.23. The molecule has 1 aromatic heterocycles. The van der Waals surface area contributed by atoms with Crippen molar-refractivity contribution in [2.45, 2.75) is 13.8 Å². The first-order valence-electron chi connectivity index (χ1n) is 3.55. The van der Waals surface area contributed by atoms with Gasteiger partial charge >= 0.3 is 0 Å². The zero-order chi connectivity index (χ0) is 9.19. The molecule has 0 unspecified atom stereocenters. The molecule has 12 heavy (non-hydrogen) atoms. The maximum atomic E-state index is 11.1. The van der Waals surface area contributed by atoms with E-state index in [2.05, 4.69) is 14.9 Å². The van der Waals surface area contributed by atoms with Crippen molar-refractivity contribution in [3.05, 3.63) is 11.9 Å². The molecule has 0 spiro atoms. The molecule has 5 nitrogen and oxygen atoms in total. The third-order valence-electron chi connectivity index (χ3n) is 1.48. The van der Waals surface area contributed by atoms with Crippen LogP contribution in [0.5, 0.6) is 0 Å². The maximum Gasteiger partial charge on any atom is 0.232 e. The van der Waals surface area contributed by atoms with E-state index in [4.69, 9.17) is 0 Å². The second-order valence-electron chi connectivity index (χ2n) is 2.41. The fraction of sp³-hybridized carbons (Fsp3) is 0.500. The minimum atomic E-state index is -3.17. The van der Waals surface area contributed by atoms with E-state index in [1.165, 1.54) is 6.20 Å². The first kappa shape index (κ1) is 9.05. The van der Waals surface area contributed by atoms with Crippen molar-refractivity contribution in [3.8, 4) is 0 Å². The number of rotatable bonds is 3. The average molecular weight is 189 g/mol. The van der Waals surface area contributed by atoms with E-state index in [-0.39, 0.29) is 5.75 Å². The normalized spacial score (nSPS) is 11.5. The third kappa shape index (κ3) is 1.97. The Bertz CT molecular complexity index is 355. The van der Waals surface area contributed by atoms with Gasteiger partial charge in [-0.25, -0.2) is 8.42 Å². The monoisotopic (exact) mass is 189 g/mol. The molecule has 6 heteroatoms. The molecule has 1 rings (SSSR count). The number of H-pyrrole nitrogens is 1. The second-order valence-corrected chi connectivity index (χ2v) is 4.43. The highest BCUT2D eigenvalue weighted by atomic mass is 32.2. The largest absolute Gasteiger partial charge is 0.281 e. The van der Waals surface area contributed by atoms with E-state index in [1.807, 2.05) is 0 Å². The highest BCUT2D eigenvalue weighted by molar-refractivity contribution is 7.92. The number of aromatic nitrogens is 2. The van der Waals surface area contributed by atoms with Gasteiger partial charge < -0.3 is 0 Å². The van der Waals surface area contributed by atoms with Gasteiger partial charge in [-0.2, -0.15) is 5.10 Å². The summed E-state index contributed by atoms with van der Waals surface area (Å²) in [6.45, 7) is 3.33. The summed E-state index contributed by atoms with van der Waals surface area (Å²) in [6, 6.07) is 0. The molecule has 0 aliphatic heterocycles. The number of sulfonamides is 1. The lowest BCUT2D eigenvalue weighted by atomic mass is 10.4. The molecule has 0 radical (unpaired) electrons. The summed E-state index contributed by atoms with van der Waals surface area (Å²) in [7, 11) is -3.17. The van der Waals surface area contributed by atoms with Crippen molar-refractivity contribution in [1.29, 1.82) is 0 Å². The Kier molecular flexibility index (Phi) is 2.37. The van der Waals surface area contributed by atoms with E-state index < -0.39 is 10.0 Å². The molecule has 1 heterocycles. The highest BCUT2D eigenvalue weighted by Gasteiger charge is 2.08. The van der Waals surface area contributed by atoms with Crippen molar-refractivity contribution in [3.63, 3.8) is 0 Å². The Labute approximate surface area is 71.2 Å².